The average Bonchev–Trinajstić information content (AvgIpc) is 3.25. The first-order valence-electron chi connectivity index (χ1n) is 8.36. The third-order valence-corrected chi connectivity index (χ3v) is 4.19. The smallest absolute Gasteiger partial charge is 0.231 e. The quantitative estimate of drug-likeness (QED) is 0.750. The van der Waals surface area contributed by atoms with E-state index in [-0.39, 0.29) is 12.7 Å². The maximum atomic E-state index is 12.0. The number of aromatic nitrogens is 2. The molecule has 1 aliphatic rings. The van der Waals surface area contributed by atoms with Gasteiger partial charge >= 0.3 is 0 Å². The molecule has 0 radical (unpaired) electrons. The second-order valence-corrected chi connectivity index (χ2v) is 5.99. The SMILES string of the molecule is O=C(CCc1ccc2c(c1)OCO2)NCCc1cn2ccccc2n1. The minimum atomic E-state index is 0.0430. The molecule has 2 aromatic heterocycles. The normalized spacial score (nSPS) is 12.5. The number of hydrogen-bond acceptors (Lipinski definition) is 4. The highest BCUT2D eigenvalue weighted by molar-refractivity contribution is 5.76. The number of nitrogens with zero attached hydrogens (tertiary/aromatic N) is 2. The molecule has 0 saturated heterocycles. The molecule has 0 bridgehead atoms. The van der Waals surface area contributed by atoms with Crippen molar-refractivity contribution in [3.63, 3.8) is 0 Å². The van der Waals surface area contributed by atoms with Gasteiger partial charge < -0.3 is 19.2 Å². The van der Waals surface area contributed by atoms with Crippen LogP contribution in [-0.4, -0.2) is 28.6 Å². The van der Waals surface area contributed by atoms with Gasteiger partial charge in [-0.25, -0.2) is 4.98 Å². The molecule has 0 atom stereocenters. The molecule has 4 rings (SSSR count). The summed E-state index contributed by atoms with van der Waals surface area (Å²) in [6.07, 6.45) is 5.81. The van der Waals surface area contributed by atoms with Gasteiger partial charge in [0.15, 0.2) is 11.5 Å². The molecule has 128 valence electrons. The van der Waals surface area contributed by atoms with Gasteiger partial charge in [0.25, 0.3) is 0 Å². The zero-order valence-electron chi connectivity index (χ0n) is 13.8. The summed E-state index contributed by atoms with van der Waals surface area (Å²) in [4.78, 5) is 16.5. The van der Waals surface area contributed by atoms with Gasteiger partial charge in [-0.05, 0) is 36.2 Å². The Kier molecular flexibility index (Phi) is 4.24. The van der Waals surface area contributed by atoms with Gasteiger partial charge in [-0.3, -0.25) is 4.79 Å². The van der Waals surface area contributed by atoms with Crippen molar-refractivity contribution in [3.8, 4) is 11.5 Å². The van der Waals surface area contributed by atoms with Crippen molar-refractivity contribution in [1.82, 2.24) is 14.7 Å². The van der Waals surface area contributed by atoms with E-state index in [4.69, 9.17) is 9.47 Å². The number of carbonyl (C=O) groups excluding carboxylic acids is 1. The molecule has 3 aromatic rings. The van der Waals surface area contributed by atoms with E-state index in [0.717, 1.165) is 34.8 Å². The zero-order chi connectivity index (χ0) is 17.1. The van der Waals surface area contributed by atoms with Crippen LogP contribution in [-0.2, 0) is 17.6 Å². The van der Waals surface area contributed by atoms with E-state index in [1.165, 1.54) is 0 Å². The minimum absolute atomic E-state index is 0.0430. The molecule has 25 heavy (non-hydrogen) atoms. The Morgan fingerprint density at radius 2 is 2.08 bits per heavy atom. The molecule has 1 aliphatic heterocycles. The monoisotopic (exact) mass is 337 g/mol. The Balaban J connectivity index is 1.24. The van der Waals surface area contributed by atoms with Gasteiger partial charge in [0.1, 0.15) is 5.65 Å². The van der Waals surface area contributed by atoms with E-state index in [2.05, 4.69) is 10.3 Å². The Labute approximate surface area is 145 Å². The van der Waals surface area contributed by atoms with Gasteiger partial charge in [-0.15, -0.1) is 0 Å². The summed E-state index contributed by atoms with van der Waals surface area (Å²) < 4.78 is 12.6. The highest BCUT2D eigenvalue weighted by atomic mass is 16.7. The van der Waals surface area contributed by atoms with Crippen LogP contribution < -0.4 is 14.8 Å². The van der Waals surface area contributed by atoms with E-state index < -0.39 is 0 Å². The van der Waals surface area contributed by atoms with Crippen molar-refractivity contribution < 1.29 is 14.3 Å². The van der Waals surface area contributed by atoms with Crippen LogP contribution in [0.3, 0.4) is 0 Å². The van der Waals surface area contributed by atoms with Crippen molar-refractivity contribution in [2.24, 2.45) is 0 Å². The zero-order valence-corrected chi connectivity index (χ0v) is 13.8. The number of ether oxygens (including phenoxy) is 2. The van der Waals surface area contributed by atoms with Crippen molar-refractivity contribution in [2.75, 3.05) is 13.3 Å². The first-order chi connectivity index (χ1) is 12.3. The van der Waals surface area contributed by atoms with Crippen LogP contribution >= 0.6 is 0 Å². The standard InChI is InChI=1S/C19H19N3O3/c23-19(7-5-14-4-6-16-17(11-14)25-13-24-16)20-9-8-15-12-22-10-2-1-3-18(22)21-15/h1-4,6,10-12H,5,7-9,13H2,(H,20,23). The number of imidazole rings is 1. The first kappa shape index (κ1) is 15.5. The summed E-state index contributed by atoms with van der Waals surface area (Å²) in [7, 11) is 0. The van der Waals surface area contributed by atoms with Crippen LogP contribution in [0.4, 0.5) is 0 Å². The van der Waals surface area contributed by atoms with Crippen molar-refractivity contribution in [1.29, 1.82) is 0 Å². The van der Waals surface area contributed by atoms with Crippen LogP contribution in [0.5, 0.6) is 11.5 Å². The molecular formula is C19H19N3O3. The molecule has 0 spiro atoms. The molecule has 0 aliphatic carbocycles. The molecule has 3 heterocycles. The summed E-state index contributed by atoms with van der Waals surface area (Å²) in [6.45, 7) is 0.853. The number of benzene rings is 1. The van der Waals surface area contributed by atoms with E-state index in [1.54, 1.807) is 0 Å². The van der Waals surface area contributed by atoms with Gasteiger partial charge in [0.2, 0.25) is 12.7 Å². The Morgan fingerprint density at radius 3 is 3.00 bits per heavy atom. The van der Waals surface area contributed by atoms with Crippen molar-refractivity contribution in [3.05, 3.63) is 60.0 Å². The Bertz CT molecular complexity index is 871. The average molecular weight is 337 g/mol. The van der Waals surface area contributed by atoms with Gasteiger partial charge in [0, 0.05) is 31.8 Å². The van der Waals surface area contributed by atoms with E-state index >= 15 is 0 Å². The maximum Gasteiger partial charge on any atom is 0.231 e. The minimum Gasteiger partial charge on any atom is -0.454 e. The first-order valence-corrected chi connectivity index (χ1v) is 8.36. The lowest BCUT2D eigenvalue weighted by atomic mass is 10.1. The molecule has 0 fully saturated rings. The van der Waals surface area contributed by atoms with Gasteiger partial charge in [-0.2, -0.15) is 0 Å². The molecule has 1 amide bonds. The lowest BCUT2D eigenvalue weighted by molar-refractivity contribution is -0.121. The predicted octanol–water partition coefficient (Wildman–Crippen LogP) is 2.35. The third kappa shape index (κ3) is 3.57. The summed E-state index contributed by atoms with van der Waals surface area (Å²) in [5.74, 6) is 1.56. The van der Waals surface area contributed by atoms with Gasteiger partial charge in [-0.1, -0.05) is 12.1 Å². The molecule has 1 aromatic carbocycles. The lowest BCUT2D eigenvalue weighted by Gasteiger charge is -2.05. The van der Waals surface area contributed by atoms with Crippen LogP contribution in [0.1, 0.15) is 17.7 Å². The fourth-order valence-corrected chi connectivity index (χ4v) is 2.88. The maximum absolute atomic E-state index is 12.0. The molecule has 6 nitrogen and oxygen atoms in total. The number of rotatable bonds is 6. The highest BCUT2D eigenvalue weighted by Crippen LogP contribution is 2.32. The fourth-order valence-electron chi connectivity index (χ4n) is 2.88. The number of fused-ring (bicyclic) bond motifs is 2. The number of aryl methyl sites for hydroxylation is 1. The predicted molar refractivity (Wildman–Crippen MR) is 92.8 cm³/mol. The number of nitrogens with one attached hydrogen (secondary N) is 1. The van der Waals surface area contributed by atoms with Crippen LogP contribution in [0.15, 0.2) is 48.8 Å². The van der Waals surface area contributed by atoms with E-state index in [1.807, 2.05) is 53.2 Å². The molecule has 0 saturated carbocycles. The Hall–Kier alpha value is -3.02. The largest absolute Gasteiger partial charge is 0.454 e. The number of carbonyl (C=O) groups is 1. The number of hydrogen-bond donors (Lipinski definition) is 1. The van der Waals surface area contributed by atoms with E-state index in [9.17, 15) is 4.79 Å². The van der Waals surface area contributed by atoms with E-state index in [0.29, 0.717) is 19.4 Å². The summed E-state index contributed by atoms with van der Waals surface area (Å²) >= 11 is 0. The Morgan fingerprint density at radius 1 is 1.16 bits per heavy atom. The number of pyridine rings is 1. The summed E-state index contributed by atoms with van der Waals surface area (Å²) in [6, 6.07) is 11.7. The molecule has 6 heteroatoms. The van der Waals surface area contributed by atoms with Gasteiger partial charge in [0.05, 0.1) is 5.69 Å². The molecule has 0 unspecified atom stereocenters. The molecular weight excluding hydrogens is 318 g/mol. The summed E-state index contributed by atoms with van der Waals surface area (Å²) in [5, 5.41) is 2.95. The lowest BCUT2D eigenvalue weighted by Crippen LogP contribution is -2.25. The molecule has 1 N–H and O–H groups in total. The third-order valence-electron chi connectivity index (χ3n) is 4.19. The fraction of sp³-hybridized carbons (Fsp3) is 0.263. The van der Waals surface area contributed by atoms with Crippen LogP contribution in [0.25, 0.3) is 5.65 Å². The van der Waals surface area contributed by atoms with Crippen molar-refractivity contribution >= 4 is 11.6 Å². The second-order valence-electron chi connectivity index (χ2n) is 5.99. The van der Waals surface area contributed by atoms with Crippen LogP contribution in [0, 0.1) is 0 Å². The highest BCUT2D eigenvalue weighted by Gasteiger charge is 2.13. The number of amides is 1. The topological polar surface area (TPSA) is 64.9 Å². The van der Waals surface area contributed by atoms with Crippen molar-refractivity contribution in [2.45, 2.75) is 19.3 Å². The summed E-state index contributed by atoms with van der Waals surface area (Å²) in [5.41, 5.74) is 2.97. The van der Waals surface area contributed by atoms with Crippen LogP contribution in [0.2, 0.25) is 0 Å². The second kappa shape index (κ2) is 6.84.